The maximum atomic E-state index is 12.2. The van der Waals surface area contributed by atoms with Gasteiger partial charge in [-0.1, -0.05) is 19.0 Å². The third-order valence-corrected chi connectivity index (χ3v) is 9.05. The first-order valence-electron chi connectivity index (χ1n) is 9.69. The Balaban J connectivity index is 1.67. The number of aliphatic hydroxyl groups is 1. The van der Waals surface area contributed by atoms with Crippen LogP contribution in [0.2, 0.25) is 0 Å². The largest absolute Gasteiger partial charge is 0.411 e. The Morgan fingerprint density at radius 1 is 1.04 bits per heavy atom. The van der Waals surface area contributed by atoms with E-state index in [1.807, 2.05) is 6.92 Å². The number of hydrogen-bond acceptors (Lipinski definition) is 4. The maximum absolute atomic E-state index is 12.2. The lowest BCUT2D eigenvalue weighted by atomic mass is 9.44. The van der Waals surface area contributed by atoms with Gasteiger partial charge in [-0.3, -0.25) is 4.79 Å². The molecule has 4 aliphatic rings. The van der Waals surface area contributed by atoms with Gasteiger partial charge in [0.15, 0.2) is 5.78 Å². The van der Waals surface area contributed by atoms with E-state index in [0.29, 0.717) is 42.2 Å². The molecule has 4 aliphatic carbocycles. The van der Waals surface area contributed by atoms with Crippen LogP contribution in [-0.2, 0) is 4.79 Å². The number of rotatable bonds is 0. The third-order valence-electron chi connectivity index (χ3n) is 9.05. The first-order valence-corrected chi connectivity index (χ1v) is 9.69. The van der Waals surface area contributed by atoms with E-state index in [1.54, 1.807) is 0 Å². The van der Waals surface area contributed by atoms with Crippen molar-refractivity contribution in [1.82, 2.24) is 0 Å². The lowest BCUT2D eigenvalue weighted by Crippen LogP contribution is -2.57. The van der Waals surface area contributed by atoms with Crippen LogP contribution < -0.4 is 0 Å². The topological polar surface area (TPSA) is 69.9 Å². The van der Waals surface area contributed by atoms with Crippen LogP contribution in [0, 0.1) is 34.5 Å². The minimum atomic E-state index is -0.541. The second-order valence-corrected chi connectivity index (χ2v) is 9.78. The molecule has 0 bridgehead atoms. The molecule has 24 heavy (non-hydrogen) atoms. The summed E-state index contributed by atoms with van der Waals surface area (Å²) in [5, 5.41) is 23.5. The van der Waals surface area contributed by atoms with E-state index < -0.39 is 5.60 Å². The highest BCUT2D eigenvalue weighted by Gasteiger charge is 2.63. The summed E-state index contributed by atoms with van der Waals surface area (Å²) in [4.78, 5) is 12.2. The van der Waals surface area contributed by atoms with Gasteiger partial charge in [0.2, 0.25) is 0 Å². The number of fused-ring (bicyclic) bond motifs is 5. The molecule has 2 N–H and O–H groups in total. The zero-order chi connectivity index (χ0) is 17.3. The van der Waals surface area contributed by atoms with Crippen LogP contribution in [-0.4, -0.2) is 27.4 Å². The number of ketones is 1. The van der Waals surface area contributed by atoms with Gasteiger partial charge in [-0.05, 0) is 80.0 Å². The van der Waals surface area contributed by atoms with Gasteiger partial charge in [-0.15, -0.1) is 0 Å². The molecule has 0 aliphatic heterocycles. The van der Waals surface area contributed by atoms with Gasteiger partial charge in [-0.25, -0.2) is 0 Å². The molecule has 4 rings (SSSR count). The van der Waals surface area contributed by atoms with Gasteiger partial charge in [0.05, 0.1) is 5.60 Å². The third kappa shape index (κ3) is 1.95. The molecule has 0 radical (unpaired) electrons. The smallest absolute Gasteiger partial charge is 0.180 e. The van der Waals surface area contributed by atoms with Crippen molar-refractivity contribution < 1.29 is 15.1 Å². The quantitative estimate of drug-likeness (QED) is 0.523. The minimum Gasteiger partial charge on any atom is -0.411 e. The summed E-state index contributed by atoms with van der Waals surface area (Å²) in [5.41, 5.74) is -0.0361. The number of hydrogen-bond donors (Lipinski definition) is 2. The Hall–Kier alpha value is -0.900. The Morgan fingerprint density at radius 2 is 1.75 bits per heavy atom. The fourth-order valence-electron chi connectivity index (χ4n) is 7.28. The van der Waals surface area contributed by atoms with Crippen molar-refractivity contribution in [3.05, 3.63) is 0 Å². The van der Waals surface area contributed by atoms with E-state index in [-0.39, 0.29) is 16.6 Å². The standard InChI is InChI=1S/C20H31NO3/c1-18-11-16(21-24)17(22)10-12(18)4-5-13-14(18)6-8-19(2)15(13)7-9-20(19,3)23/h12-15,23-24H,4-11H2,1-3H3/t12-,13+,14-,15-,18-,19-,20-/m0/s1. The fraction of sp³-hybridized carbons (Fsp3) is 0.900. The molecule has 0 aromatic carbocycles. The predicted octanol–water partition coefficient (Wildman–Crippen LogP) is 3.79. The van der Waals surface area contributed by atoms with E-state index in [1.165, 1.54) is 6.42 Å². The summed E-state index contributed by atoms with van der Waals surface area (Å²) in [6.07, 6.45) is 7.75. The van der Waals surface area contributed by atoms with E-state index >= 15 is 0 Å². The van der Waals surface area contributed by atoms with Crippen LogP contribution in [0.15, 0.2) is 5.16 Å². The Morgan fingerprint density at radius 3 is 2.46 bits per heavy atom. The van der Waals surface area contributed by atoms with E-state index in [2.05, 4.69) is 19.0 Å². The van der Waals surface area contributed by atoms with Gasteiger partial charge in [0.25, 0.3) is 0 Å². The molecule has 0 unspecified atom stereocenters. The summed E-state index contributed by atoms with van der Waals surface area (Å²) < 4.78 is 0. The van der Waals surface area contributed by atoms with E-state index in [0.717, 1.165) is 32.1 Å². The monoisotopic (exact) mass is 333 g/mol. The van der Waals surface area contributed by atoms with Gasteiger partial charge in [-0.2, -0.15) is 0 Å². The highest BCUT2D eigenvalue weighted by molar-refractivity contribution is 6.40. The molecule has 4 heteroatoms. The molecule has 0 aromatic heterocycles. The molecule has 0 aromatic rings. The average Bonchev–Trinajstić information content (AvgIpc) is 2.77. The second-order valence-electron chi connectivity index (χ2n) is 9.78. The van der Waals surface area contributed by atoms with Crippen LogP contribution in [0.3, 0.4) is 0 Å². The molecular weight excluding hydrogens is 302 g/mol. The zero-order valence-corrected chi connectivity index (χ0v) is 15.2. The van der Waals surface area contributed by atoms with Crippen molar-refractivity contribution in [3.8, 4) is 0 Å². The number of nitrogens with zero attached hydrogens (tertiary/aromatic N) is 1. The Bertz CT molecular complexity index is 598. The molecule has 0 amide bonds. The summed E-state index contributed by atoms with van der Waals surface area (Å²) >= 11 is 0. The zero-order valence-electron chi connectivity index (χ0n) is 15.2. The summed E-state index contributed by atoms with van der Waals surface area (Å²) in [6, 6.07) is 0. The second kappa shape index (κ2) is 5.06. The lowest BCUT2D eigenvalue weighted by Gasteiger charge is -2.60. The summed E-state index contributed by atoms with van der Waals surface area (Å²) in [7, 11) is 0. The Labute approximate surface area is 144 Å². The van der Waals surface area contributed by atoms with Crippen molar-refractivity contribution in [2.75, 3.05) is 0 Å². The van der Waals surface area contributed by atoms with Crippen molar-refractivity contribution in [2.45, 2.75) is 77.7 Å². The normalized spacial score (nSPS) is 55.8. The molecule has 4 fully saturated rings. The lowest BCUT2D eigenvalue weighted by molar-refractivity contribution is -0.143. The van der Waals surface area contributed by atoms with Crippen molar-refractivity contribution >= 4 is 11.5 Å². The predicted molar refractivity (Wildman–Crippen MR) is 92.0 cm³/mol. The molecule has 4 saturated carbocycles. The SMILES string of the molecule is C[C@]12CC(=NO)C(=O)C[C@@H]1CC[C@@H]1[C@@H]2CC[C@@]2(C)[C@H]1CC[C@]2(C)O. The van der Waals surface area contributed by atoms with Gasteiger partial charge in [0, 0.05) is 12.8 Å². The summed E-state index contributed by atoms with van der Waals surface area (Å²) in [5.74, 6) is 2.31. The maximum Gasteiger partial charge on any atom is 0.180 e. The molecule has 0 heterocycles. The van der Waals surface area contributed by atoms with Gasteiger partial charge >= 0.3 is 0 Å². The minimum absolute atomic E-state index is 0.0374. The highest BCUT2D eigenvalue weighted by atomic mass is 16.4. The first kappa shape index (κ1) is 16.6. The average molecular weight is 333 g/mol. The molecule has 0 spiro atoms. The van der Waals surface area contributed by atoms with Crippen LogP contribution >= 0.6 is 0 Å². The molecule has 7 atom stereocenters. The van der Waals surface area contributed by atoms with E-state index in [4.69, 9.17) is 0 Å². The van der Waals surface area contributed by atoms with Crippen LogP contribution in [0.1, 0.15) is 72.1 Å². The van der Waals surface area contributed by atoms with Crippen LogP contribution in [0.25, 0.3) is 0 Å². The van der Waals surface area contributed by atoms with Crippen molar-refractivity contribution in [1.29, 1.82) is 0 Å². The number of carbonyl (C=O) groups excluding carboxylic acids is 1. The molecule has 4 nitrogen and oxygen atoms in total. The molecule has 134 valence electrons. The number of Topliss-reactive ketones (excluding diaryl/α,β-unsaturated/α-hetero) is 1. The molecular formula is C20H31NO3. The van der Waals surface area contributed by atoms with Crippen molar-refractivity contribution in [2.24, 2.45) is 39.7 Å². The number of carbonyl (C=O) groups is 1. The van der Waals surface area contributed by atoms with Crippen molar-refractivity contribution in [3.63, 3.8) is 0 Å². The van der Waals surface area contributed by atoms with Gasteiger partial charge in [0.1, 0.15) is 5.71 Å². The van der Waals surface area contributed by atoms with Crippen LogP contribution in [0.5, 0.6) is 0 Å². The van der Waals surface area contributed by atoms with Gasteiger partial charge < -0.3 is 10.3 Å². The Kier molecular flexibility index (Phi) is 3.49. The van der Waals surface area contributed by atoms with E-state index in [9.17, 15) is 15.1 Å². The van der Waals surface area contributed by atoms with Crippen LogP contribution in [0.4, 0.5) is 0 Å². The number of oxime groups is 1. The fourth-order valence-corrected chi connectivity index (χ4v) is 7.28. The first-order chi connectivity index (χ1) is 11.2. The summed E-state index contributed by atoms with van der Waals surface area (Å²) in [6.45, 7) is 6.68. The molecule has 0 saturated heterocycles. The highest BCUT2D eigenvalue weighted by Crippen LogP contribution is 2.67.